The number of nitrogens with zero attached hydrogens (tertiary/aromatic N) is 1. The van der Waals surface area contributed by atoms with Gasteiger partial charge in [-0.05, 0) is 48.8 Å². The van der Waals surface area contributed by atoms with Crippen molar-refractivity contribution in [1.29, 1.82) is 0 Å². The fourth-order valence-electron chi connectivity index (χ4n) is 3.69. The van der Waals surface area contributed by atoms with E-state index in [4.69, 9.17) is 4.74 Å². The molecule has 158 valence electrons. The van der Waals surface area contributed by atoms with Gasteiger partial charge in [-0.2, -0.15) is 0 Å². The third-order valence-electron chi connectivity index (χ3n) is 5.39. The number of hydrogen-bond donors (Lipinski definition) is 3. The van der Waals surface area contributed by atoms with E-state index in [1.165, 1.54) is 31.2 Å². The third kappa shape index (κ3) is 7.95. The van der Waals surface area contributed by atoms with Crippen LogP contribution in [0.1, 0.15) is 44.6 Å². The number of amides is 1. The Kier molecular flexibility index (Phi) is 11.4. The monoisotopic (exact) mass is 502 g/mol. The van der Waals surface area contributed by atoms with Crippen molar-refractivity contribution in [3.63, 3.8) is 0 Å². The van der Waals surface area contributed by atoms with Gasteiger partial charge in [-0.1, -0.05) is 31.9 Å². The molecule has 0 unspecified atom stereocenters. The average Bonchev–Trinajstić information content (AvgIpc) is 3.16. The minimum absolute atomic E-state index is 0. The number of benzene rings is 1. The van der Waals surface area contributed by atoms with Crippen molar-refractivity contribution in [2.45, 2.75) is 45.4 Å². The van der Waals surface area contributed by atoms with Crippen LogP contribution in [-0.4, -0.2) is 45.7 Å². The van der Waals surface area contributed by atoms with Crippen LogP contribution in [0.25, 0.3) is 0 Å². The second kappa shape index (κ2) is 13.0. The zero-order chi connectivity index (χ0) is 19.5. The molecule has 7 heteroatoms. The van der Waals surface area contributed by atoms with Gasteiger partial charge in [0.25, 0.3) is 0 Å². The highest BCUT2D eigenvalue weighted by Crippen LogP contribution is 2.40. The van der Waals surface area contributed by atoms with Crippen LogP contribution in [0.15, 0.2) is 29.3 Å². The summed E-state index contributed by atoms with van der Waals surface area (Å²) >= 11 is 0. The van der Waals surface area contributed by atoms with Crippen molar-refractivity contribution < 1.29 is 9.53 Å². The number of halogens is 1. The van der Waals surface area contributed by atoms with Crippen molar-refractivity contribution in [3.05, 3.63) is 29.8 Å². The number of carbonyl (C=O) groups excluding carboxylic acids is 1. The van der Waals surface area contributed by atoms with Crippen LogP contribution in [0.2, 0.25) is 0 Å². The van der Waals surface area contributed by atoms with Crippen LogP contribution in [0.5, 0.6) is 0 Å². The summed E-state index contributed by atoms with van der Waals surface area (Å²) in [6.45, 7) is 3.92. The van der Waals surface area contributed by atoms with Gasteiger partial charge in [0.15, 0.2) is 5.96 Å². The first-order valence-corrected chi connectivity index (χ1v) is 9.93. The predicted molar refractivity (Wildman–Crippen MR) is 127 cm³/mol. The first-order chi connectivity index (χ1) is 13.1. The normalized spacial score (nSPS) is 15.6. The van der Waals surface area contributed by atoms with Gasteiger partial charge >= 0.3 is 0 Å². The SMILES string of the molecule is CCc1cccc(NC(=O)CNC(=NC)NCC2(CCOC)CCCC2)c1.I. The highest BCUT2D eigenvalue weighted by molar-refractivity contribution is 14.0. The molecule has 1 aromatic rings. The highest BCUT2D eigenvalue weighted by Gasteiger charge is 2.33. The molecule has 0 radical (unpaired) electrons. The predicted octanol–water partition coefficient (Wildman–Crippen LogP) is 3.57. The molecule has 3 N–H and O–H groups in total. The molecule has 2 rings (SSSR count). The summed E-state index contributed by atoms with van der Waals surface area (Å²) in [6, 6.07) is 7.93. The molecule has 0 saturated heterocycles. The number of aryl methyl sites for hydroxylation is 1. The molecule has 1 fully saturated rings. The molecule has 6 nitrogen and oxygen atoms in total. The minimum atomic E-state index is -0.0823. The Morgan fingerprint density at radius 1 is 1.25 bits per heavy atom. The Labute approximate surface area is 186 Å². The van der Waals surface area contributed by atoms with E-state index in [1.807, 2.05) is 18.2 Å². The van der Waals surface area contributed by atoms with Gasteiger partial charge in [-0.15, -0.1) is 24.0 Å². The molecule has 0 bridgehead atoms. The lowest BCUT2D eigenvalue weighted by Crippen LogP contribution is -2.45. The smallest absolute Gasteiger partial charge is 0.243 e. The van der Waals surface area contributed by atoms with E-state index in [2.05, 4.69) is 33.9 Å². The molecule has 0 aliphatic heterocycles. The van der Waals surface area contributed by atoms with E-state index in [-0.39, 0.29) is 41.8 Å². The Morgan fingerprint density at radius 2 is 2.00 bits per heavy atom. The number of guanidine groups is 1. The zero-order valence-electron chi connectivity index (χ0n) is 17.3. The Bertz CT molecular complexity index is 631. The third-order valence-corrected chi connectivity index (χ3v) is 5.39. The summed E-state index contributed by atoms with van der Waals surface area (Å²) in [5.74, 6) is 0.581. The quantitative estimate of drug-likeness (QED) is 0.274. The number of carbonyl (C=O) groups is 1. The first kappa shape index (κ1) is 24.7. The summed E-state index contributed by atoms with van der Waals surface area (Å²) in [6.07, 6.45) is 6.99. The van der Waals surface area contributed by atoms with E-state index in [1.54, 1.807) is 14.2 Å². The van der Waals surface area contributed by atoms with E-state index < -0.39 is 0 Å². The van der Waals surface area contributed by atoms with E-state index >= 15 is 0 Å². The second-order valence-electron chi connectivity index (χ2n) is 7.33. The van der Waals surface area contributed by atoms with E-state index in [0.717, 1.165) is 31.7 Å². The zero-order valence-corrected chi connectivity index (χ0v) is 19.7. The van der Waals surface area contributed by atoms with Crippen LogP contribution in [0.4, 0.5) is 5.69 Å². The maximum absolute atomic E-state index is 12.2. The van der Waals surface area contributed by atoms with Gasteiger partial charge in [-0.3, -0.25) is 9.79 Å². The van der Waals surface area contributed by atoms with Crippen LogP contribution in [0.3, 0.4) is 0 Å². The van der Waals surface area contributed by atoms with Gasteiger partial charge < -0.3 is 20.7 Å². The number of aliphatic imine (C=N–C) groups is 1. The lowest BCUT2D eigenvalue weighted by atomic mass is 9.83. The van der Waals surface area contributed by atoms with Crippen LogP contribution >= 0.6 is 24.0 Å². The average molecular weight is 502 g/mol. The Morgan fingerprint density at radius 3 is 2.64 bits per heavy atom. The molecule has 0 spiro atoms. The fraction of sp³-hybridized carbons (Fsp3) is 0.619. The number of ether oxygens (including phenoxy) is 1. The van der Waals surface area contributed by atoms with E-state index in [9.17, 15) is 4.79 Å². The van der Waals surface area contributed by atoms with Gasteiger partial charge in [0.2, 0.25) is 5.91 Å². The van der Waals surface area contributed by atoms with E-state index in [0.29, 0.717) is 5.96 Å². The number of anilines is 1. The van der Waals surface area contributed by atoms with Crippen LogP contribution < -0.4 is 16.0 Å². The van der Waals surface area contributed by atoms with Crippen molar-refractivity contribution >= 4 is 41.5 Å². The molecule has 1 aliphatic rings. The van der Waals surface area contributed by atoms with Crippen molar-refractivity contribution in [1.82, 2.24) is 10.6 Å². The van der Waals surface area contributed by atoms with Gasteiger partial charge in [0.1, 0.15) is 0 Å². The molecular formula is C21H35IN4O2. The summed E-state index contributed by atoms with van der Waals surface area (Å²) in [5.41, 5.74) is 2.31. The van der Waals surface area contributed by atoms with Crippen molar-refractivity contribution in [2.24, 2.45) is 10.4 Å². The lowest BCUT2D eigenvalue weighted by Gasteiger charge is -2.29. The van der Waals surface area contributed by atoms with Crippen LogP contribution in [0, 0.1) is 5.41 Å². The molecule has 28 heavy (non-hydrogen) atoms. The summed E-state index contributed by atoms with van der Waals surface area (Å²) in [5, 5.41) is 9.44. The minimum Gasteiger partial charge on any atom is -0.385 e. The Balaban J connectivity index is 0.00000392. The molecule has 0 aromatic heterocycles. The largest absolute Gasteiger partial charge is 0.385 e. The molecule has 1 aliphatic carbocycles. The lowest BCUT2D eigenvalue weighted by molar-refractivity contribution is -0.115. The van der Waals surface area contributed by atoms with Gasteiger partial charge in [0.05, 0.1) is 6.54 Å². The van der Waals surface area contributed by atoms with Gasteiger partial charge in [-0.25, -0.2) is 0 Å². The van der Waals surface area contributed by atoms with Crippen LogP contribution in [-0.2, 0) is 16.0 Å². The number of nitrogens with one attached hydrogen (secondary N) is 3. The molecule has 1 aromatic carbocycles. The molecule has 1 saturated carbocycles. The Hall–Kier alpha value is -1.35. The van der Waals surface area contributed by atoms with Crippen molar-refractivity contribution in [2.75, 3.05) is 39.2 Å². The molecule has 1 amide bonds. The molecular weight excluding hydrogens is 467 g/mol. The summed E-state index contributed by atoms with van der Waals surface area (Å²) < 4.78 is 5.29. The highest BCUT2D eigenvalue weighted by atomic mass is 127. The maximum Gasteiger partial charge on any atom is 0.243 e. The summed E-state index contributed by atoms with van der Waals surface area (Å²) in [4.78, 5) is 16.5. The van der Waals surface area contributed by atoms with Gasteiger partial charge in [0, 0.05) is 33.0 Å². The second-order valence-corrected chi connectivity index (χ2v) is 7.33. The number of rotatable bonds is 9. The number of methoxy groups -OCH3 is 1. The molecule has 0 atom stereocenters. The fourth-order valence-corrected chi connectivity index (χ4v) is 3.69. The summed E-state index contributed by atoms with van der Waals surface area (Å²) in [7, 11) is 3.49. The standard InChI is InChI=1S/C21H34N4O2.HI/c1-4-17-8-7-9-18(14-17)25-19(26)15-23-20(22-2)24-16-21(12-13-27-3)10-5-6-11-21;/h7-9,14H,4-6,10-13,15-16H2,1-3H3,(H,25,26)(H2,22,23,24);1H. The number of hydrogen-bond acceptors (Lipinski definition) is 3. The van der Waals surface area contributed by atoms with Crippen molar-refractivity contribution in [3.8, 4) is 0 Å². The maximum atomic E-state index is 12.2. The first-order valence-electron chi connectivity index (χ1n) is 9.93. The molecule has 0 heterocycles. The topological polar surface area (TPSA) is 74.8 Å².